The second kappa shape index (κ2) is 10.2. The molecular formula is C21H19F3N2O3S2. The van der Waals surface area contributed by atoms with Gasteiger partial charge in [0.1, 0.15) is 0 Å². The summed E-state index contributed by atoms with van der Waals surface area (Å²) in [7, 11) is 0. The van der Waals surface area contributed by atoms with Gasteiger partial charge in [0.25, 0.3) is 0 Å². The molecule has 1 heterocycles. The van der Waals surface area contributed by atoms with E-state index in [4.69, 9.17) is 4.74 Å². The SMILES string of the molecule is CCOC(=O)C[C@@H]1Sc2ccccc2N=C1SCC(=O)Nc1cccc(C(F)(F)F)c1. The number of hydrogen-bond acceptors (Lipinski definition) is 6. The highest BCUT2D eigenvalue weighted by atomic mass is 32.2. The minimum Gasteiger partial charge on any atom is -0.466 e. The Hall–Kier alpha value is -2.46. The van der Waals surface area contributed by atoms with Gasteiger partial charge in [-0.25, -0.2) is 4.99 Å². The van der Waals surface area contributed by atoms with Crippen molar-refractivity contribution in [2.24, 2.45) is 4.99 Å². The van der Waals surface area contributed by atoms with Gasteiger partial charge in [0.2, 0.25) is 5.91 Å². The van der Waals surface area contributed by atoms with E-state index >= 15 is 0 Å². The number of nitrogens with zero attached hydrogens (tertiary/aromatic N) is 1. The number of fused-ring (bicyclic) bond motifs is 1. The van der Waals surface area contributed by atoms with E-state index in [0.29, 0.717) is 5.04 Å². The minimum atomic E-state index is -4.49. The summed E-state index contributed by atoms with van der Waals surface area (Å²) >= 11 is 2.62. The zero-order valence-corrected chi connectivity index (χ0v) is 18.1. The van der Waals surface area contributed by atoms with Crippen LogP contribution in [-0.2, 0) is 20.5 Å². The Morgan fingerprint density at radius 2 is 1.97 bits per heavy atom. The van der Waals surface area contributed by atoms with Crippen molar-refractivity contribution in [1.29, 1.82) is 0 Å². The zero-order chi connectivity index (χ0) is 22.4. The standard InChI is InChI=1S/C21H19F3N2O3S2/c1-2-29-19(28)11-17-20(26-15-8-3-4-9-16(15)31-17)30-12-18(27)25-14-7-5-6-13(10-14)21(22,23)24/h3-10,17H,2,11-12H2,1H3,(H,25,27)/t17-/m0/s1. The highest BCUT2D eigenvalue weighted by Crippen LogP contribution is 2.41. The number of thioether (sulfide) groups is 2. The molecule has 0 saturated heterocycles. The number of anilines is 1. The Bertz CT molecular complexity index is 996. The third-order valence-corrected chi connectivity index (χ3v) is 6.62. The molecule has 0 spiro atoms. The maximum Gasteiger partial charge on any atom is 0.416 e. The predicted molar refractivity (Wildman–Crippen MR) is 117 cm³/mol. The van der Waals surface area contributed by atoms with Gasteiger partial charge in [-0.3, -0.25) is 9.59 Å². The smallest absolute Gasteiger partial charge is 0.416 e. The van der Waals surface area contributed by atoms with E-state index in [1.807, 2.05) is 24.3 Å². The van der Waals surface area contributed by atoms with Crippen molar-refractivity contribution in [3.05, 3.63) is 54.1 Å². The number of halogens is 3. The molecule has 1 aliphatic heterocycles. The average molecular weight is 469 g/mol. The van der Waals surface area contributed by atoms with Crippen molar-refractivity contribution in [3.8, 4) is 0 Å². The molecule has 164 valence electrons. The van der Waals surface area contributed by atoms with Gasteiger partial charge in [-0.2, -0.15) is 13.2 Å². The summed E-state index contributed by atoms with van der Waals surface area (Å²) in [5.74, 6) is -0.885. The number of esters is 1. The number of rotatable bonds is 6. The van der Waals surface area contributed by atoms with Gasteiger partial charge in [-0.15, -0.1) is 11.8 Å². The van der Waals surface area contributed by atoms with Gasteiger partial charge in [-0.05, 0) is 37.3 Å². The fraction of sp³-hybridized carbons (Fsp3) is 0.286. The van der Waals surface area contributed by atoms with Crippen LogP contribution in [0.5, 0.6) is 0 Å². The topological polar surface area (TPSA) is 67.8 Å². The fourth-order valence-corrected chi connectivity index (χ4v) is 4.98. The summed E-state index contributed by atoms with van der Waals surface area (Å²) < 4.78 is 43.6. The van der Waals surface area contributed by atoms with Crippen molar-refractivity contribution in [2.45, 2.75) is 29.7 Å². The molecule has 1 amide bonds. The number of alkyl halides is 3. The number of aliphatic imine (C=N–C) groups is 1. The summed E-state index contributed by atoms with van der Waals surface area (Å²) in [4.78, 5) is 29.8. The van der Waals surface area contributed by atoms with Gasteiger partial charge in [0.15, 0.2) is 0 Å². The molecule has 0 saturated carbocycles. The Kier molecular flexibility index (Phi) is 7.66. The number of hydrogen-bond donors (Lipinski definition) is 1. The molecule has 5 nitrogen and oxygen atoms in total. The van der Waals surface area contributed by atoms with E-state index in [2.05, 4.69) is 10.3 Å². The number of carbonyl (C=O) groups excluding carboxylic acids is 2. The molecule has 0 unspecified atom stereocenters. The molecule has 31 heavy (non-hydrogen) atoms. The van der Waals surface area contributed by atoms with Crippen LogP contribution in [0.4, 0.5) is 24.5 Å². The van der Waals surface area contributed by atoms with E-state index < -0.39 is 17.6 Å². The largest absolute Gasteiger partial charge is 0.466 e. The van der Waals surface area contributed by atoms with Gasteiger partial charge in [-0.1, -0.05) is 30.0 Å². The maximum absolute atomic E-state index is 12.8. The molecule has 0 bridgehead atoms. The van der Waals surface area contributed by atoms with Crippen molar-refractivity contribution < 1.29 is 27.5 Å². The lowest BCUT2D eigenvalue weighted by Gasteiger charge is -2.23. The first kappa shape index (κ1) is 23.2. The molecule has 0 aliphatic carbocycles. The molecule has 2 aromatic rings. The second-order valence-electron chi connectivity index (χ2n) is 6.45. The van der Waals surface area contributed by atoms with Crippen LogP contribution in [0.25, 0.3) is 0 Å². The Morgan fingerprint density at radius 1 is 1.19 bits per heavy atom. The Balaban J connectivity index is 1.68. The van der Waals surface area contributed by atoms with Crippen LogP contribution in [-0.4, -0.2) is 34.5 Å². The maximum atomic E-state index is 12.8. The molecule has 1 N–H and O–H groups in total. The average Bonchev–Trinajstić information content (AvgIpc) is 2.72. The number of para-hydroxylation sites is 1. The number of benzene rings is 2. The molecule has 1 aliphatic rings. The van der Waals surface area contributed by atoms with Crippen molar-refractivity contribution in [3.63, 3.8) is 0 Å². The molecule has 0 radical (unpaired) electrons. The van der Waals surface area contributed by atoms with E-state index in [9.17, 15) is 22.8 Å². The van der Waals surface area contributed by atoms with Crippen LogP contribution in [0.3, 0.4) is 0 Å². The van der Waals surface area contributed by atoms with Crippen LogP contribution in [0, 0.1) is 0 Å². The summed E-state index contributed by atoms with van der Waals surface area (Å²) in [5.41, 5.74) is -0.0284. The monoisotopic (exact) mass is 468 g/mol. The van der Waals surface area contributed by atoms with Gasteiger partial charge < -0.3 is 10.1 Å². The first-order valence-electron chi connectivity index (χ1n) is 9.36. The molecule has 2 aromatic carbocycles. The van der Waals surface area contributed by atoms with E-state index in [0.717, 1.165) is 34.5 Å². The van der Waals surface area contributed by atoms with E-state index in [1.54, 1.807) is 6.92 Å². The normalized spacial score (nSPS) is 15.6. The third-order valence-electron chi connectivity index (χ3n) is 4.12. The number of amides is 1. The summed E-state index contributed by atoms with van der Waals surface area (Å²) in [6.07, 6.45) is -4.38. The van der Waals surface area contributed by atoms with Crippen LogP contribution < -0.4 is 5.32 Å². The first-order chi connectivity index (χ1) is 14.8. The van der Waals surface area contributed by atoms with Crippen LogP contribution in [0.2, 0.25) is 0 Å². The number of carbonyl (C=O) groups is 2. The van der Waals surface area contributed by atoms with Crippen LogP contribution in [0.1, 0.15) is 18.9 Å². The van der Waals surface area contributed by atoms with Gasteiger partial charge in [0, 0.05) is 10.6 Å². The van der Waals surface area contributed by atoms with Crippen LogP contribution in [0.15, 0.2) is 58.4 Å². The zero-order valence-electron chi connectivity index (χ0n) is 16.4. The summed E-state index contributed by atoms with van der Waals surface area (Å²) in [6, 6.07) is 11.9. The minimum absolute atomic E-state index is 0.0584. The fourth-order valence-electron chi connectivity index (χ4n) is 2.78. The van der Waals surface area contributed by atoms with Crippen molar-refractivity contribution >= 4 is 51.8 Å². The Morgan fingerprint density at radius 3 is 2.71 bits per heavy atom. The predicted octanol–water partition coefficient (Wildman–Crippen LogP) is 5.53. The molecule has 3 rings (SSSR count). The van der Waals surface area contributed by atoms with Crippen LogP contribution >= 0.6 is 23.5 Å². The number of nitrogens with one attached hydrogen (secondary N) is 1. The van der Waals surface area contributed by atoms with E-state index in [-0.39, 0.29) is 35.7 Å². The molecule has 0 fully saturated rings. The van der Waals surface area contributed by atoms with Crippen molar-refractivity contribution in [2.75, 3.05) is 17.7 Å². The summed E-state index contributed by atoms with van der Waals surface area (Å²) in [5, 5.41) is 2.76. The molecule has 1 atom stereocenters. The first-order valence-corrected chi connectivity index (χ1v) is 11.2. The quantitative estimate of drug-likeness (QED) is 0.565. The highest BCUT2D eigenvalue weighted by molar-refractivity contribution is 8.17. The van der Waals surface area contributed by atoms with E-state index in [1.165, 1.54) is 23.9 Å². The lowest BCUT2D eigenvalue weighted by Crippen LogP contribution is -2.24. The lowest BCUT2D eigenvalue weighted by molar-refractivity contribution is -0.142. The van der Waals surface area contributed by atoms with Gasteiger partial charge >= 0.3 is 12.1 Å². The van der Waals surface area contributed by atoms with Crippen molar-refractivity contribution in [1.82, 2.24) is 0 Å². The Labute approximate surface area is 185 Å². The third kappa shape index (κ3) is 6.51. The lowest BCUT2D eigenvalue weighted by atomic mass is 10.2. The highest BCUT2D eigenvalue weighted by Gasteiger charge is 2.31. The summed E-state index contributed by atoms with van der Waals surface area (Å²) in [6.45, 7) is 1.99. The second-order valence-corrected chi connectivity index (χ2v) is 8.69. The van der Waals surface area contributed by atoms with Gasteiger partial charge in [0.05, 0.1) is 40.3 Å². The molecule has 0 aromatic heterocycles. The molecule has 10 heteroatoms. The molecular weight excluding hydrogens is 449 g/mol. The number of ether oxygens (including phenoxy) is 1.